The number of nitrogens with one attached hydrogen (secondary N) is 1. The molecule has 3 N–H and O–H groups in total. The minimum absolute atomic E-state index is 0.0920. The summed E-state index contributed by atoms with van der Waals surface area (Å²) in [6.07, 6.45) is 0.584. The van der Waals surface area contributed by atoms with Crippen molar-refractivity contribution in [1.82, 2.24) is 10.2 Å². The summed E-state index contributed by atoms with van der Waals surface area (Å²) >= 11 is 0. The number of carboxylic acids is 1. The van der Waals surface area contributed by atoms with Gasteiger partial charge < -0.3 is 25.2 Å². The van der Waals surface area contributed by atoms with E-state index in [0.29, 0.717) is 25.9 Å². The minimum Gasteiger partial charge on any atom is -0.480 e. The Morgan fingerprint density at radius 2 is 2.05 bits per heavy atom. The van der Waals surface area contributed by atoms with Crippen LogP contribution in [0.3, 0.4) is 0 Å². The van der Waals surface area contributed by atoms with E-state index >= 15 is 0 Å². The molecule has 0 unspecified atom stereocenters. The van der Waals surface area contributed by atoms with Gasteiger partial charge in [0.2, 0.25) is 5.91 Å². The summed E-state index contributed by atoms with van der Waals surface area (Å²) in [6, 6.07) is -0.930. The predicted octanol–water partition coefficient (Wildman–Crippen LogP) is -0.951. The summed E-state index contributed by atoms with van der Waals surface area (Å²) in [5.74, 6) is -1.26. The van der Waals surface area contributed by atoms with Crippen molar-refractivity contribution in [2.45, 2.75) is 31.4 Å². The summed E-state index contributed by atoms with van der Waals surface area (Å²) in [7, 11) is 1.55. The van der Waals surface area contributed by atoms with Crippen molar-refractivity contribution in [3.63, 3.8) is 0 Å². The molecule has 0 aliphatic carbocycles. The zero-order valence-corrected chi connectivity index (χ0v) is 11.7. The van der Waals surface area contributed by atoms with Crippen molar-refractivity contribution in [3.05, 3.63) is 0 Å². The van der Waals surface area contributed by atoms with Crippen LogP contribution in [0.25, 0.3) is 0 Å². The fourth-order valence-corrected chi connectivity index (χ4v) is 3.18. The Hall–Kier alpha value is -1.18. The average molecular weight is 286 g/mol. The number of amides is 1. The molecule has 2 saturated heterocycles. The first-order chi connectivity index (χ1) is 9.50. The molecule has 0 saturated carbocycles. The van der Waals surface area contributed by atoms with Gasteiger partial charge in [-0.2, -0.15) is 0 Å². The molecule has 2 fully saturated rings. The second kappa shape index (κ2) is 6.07. The quantitative estimate of drug-likeness (QED) is 0.616. The zero-order valence-electron chi connectivity index (χ0n) is 11.7. The number of aliphatic hydroxyl groups is 1. The Morgan fingerprint density at radius 1 is 1.40 bits per heavy atom. The normalized spacial score (nSPS) is 29.4. The maximum Gasteiger partial charge on any atom is 0.326 e. The largest absolute Gasteiger partial charge is 0.480 e. The number of rotatable bonds is 4. The Morgan fingerprint density at radius 3 is 2.60 bits per heavy atom. The second-order valence-electron chi connectivity index (χ2n) is 5.66. The molecular formula is C13H22N2O5. The molecule has 0 bridgehead atoms. The van der Waals surface area contributed by atoms with E-state index in [1.807, 2.05) is 0 Å². The average Bonchev–Trinajstić information content (AvgIpc) is 2.81. The number of nitrogens with zero attached hydrogens (tertiary/aromatic N) is 1. The molecule has 114 valence electrons. The molecule has 0 aromatic carbocycles. The van der Waals surface area contributed by atoms with E-state index in [1.54, 1.807) is 7.11 Å². The van der Waals surface area contributed by atoms with Crippen molar-refractivity contribution in [2.24, 2.45) is 5.41 Å². The van der Waals surface area contributed by atoms with E-state index < -0.39 is 23.5 Å². The highest BCUT2D eigenvalue weighted by Crippen LogP contribution is 2.34. The molecule has 2 aliphatic heterocycles. The van der Waals surface area contributed by atoms with Crippen LogP contribution in [-0.4, -0.2) is 72.5 Å². The fraction of sp³-hybridized carbons (Fsp3) is 0.846. The zero-order chi connectivity index (χ0) is 14.8. The van der Waals surface area contributed by atoms with Crippen LogP contribution in [0.5, 0.6) is 0 Å². The number of aliphatic carboxylic acids is 1. The fourth-order valence-electron chi connectivity index (χ4n) is 3.18. The minimum atomic E-state index is -1.06. The summed E-state index contributed by atoms with van der Waals surface area (Å²) in [5, 5.41) is 22.1. The van der Waals surface area contributed by atoms with Gasteiger partial charge in [0, 0.05) is 20.1 Å². The smallest absolute Gasteiger partial charge is 0.326 e. The molecule has 2 heterocycles. The number of piperidine rings is 1. The Labute approximate surface area is 117 Å². The molecular weight excluding hydrogens is 264 g/mol. The molecule has 20 heavy (non-hydrogen) atoms. The van der Waals surface area contributed by atoms with E-state index in [1.165, 1.54) is 4.90 Å². The number of hydrogen-bond donors (Lipinski definition) is 3. The molecule has 0 spiro atoms. The number of carbonyl (C=O) groups is 2. The molecule has 1 amide bonds. The molecule has 2 aliphatic rings. The topological polar surface area (TPSA) is 99.1 Å². The van der Waals surface area contributed by atoms with E-state index in [2.05, 4.69) is 5.32 Å². The van der Waals surface area contributed by atoms with E-state index in [-0.39, 0.29) is 25.5 Å². The molecule has 0 aromatic rings. The van der Waals surface area contributed by atoms with Gasteiger partial charge in [0.1, 0.15) is 6.04 Å². The van der Waals surface area contributed by atoms with Crippen molar-refractivity contribution in [2.75, 3.05) is 33.4 Å². The van der Waals surface area contributed by atoms with Gasteiger partial charge in [-0.1, -0.05) is 0 Å². The van der Waals surface area contributed by atoms with Crippen LogP contribution in [0, 0.1) is 5.41 Å². The third-order valence-corrected chi connectivity index (χ3v) is 4.26. The number of methoxy groups -OCH3 is 1. The van der Waals surface area contributed by atoms with Gasteiger partial charge in [0.05, 0.1) is 18.1 Å². The highest BCUT2D eigenvalue weighted by Gasteiger charge is 2.48. The van der Waals surface area contributed by atoms with E-state index in [0.717, 1.165) is 0 Å². The lowest BCUT2D eigenvalue weighted by Crippen LogP contribution is -2.54. The van der Waals surface area contributed by atoms with Crippen molar-refractivity contribution >= 4 is 11.9 Å². The van der Waals surface area contributed by atoms with Gasteiger partial charge in [-0.15, -0.1) is 0 Å². The van der Waals surface area contributed by atoms with Gasteiger partial charge in [-0.05, 0) is 25.9 Å². The van der Waals surface area contributed by atoms with Crippen LogP contribution < -0.4 is 5.32 Å². The summed E-state index contributed by atoms with van der Waals surface area (Å²) in [6.45, 7) is 1.80. The van der Waals surface area contributed by atoms with Gasteiger partial charge in [-0.3, -0.25) is 4.79 Å². The first kappa shape index (κ1) is 15.2. The van der Waals surface area contributed by atoms with Crippen molar-refractivity contribution in [1.29, 1.82) is 0 Å². The number of ether oxygens (including phenoxy) is 1. The number of hydrogen-bond acceptors (Lipinski definition) is 5. The molecule has 7 nitrogen and oxygen atoms in total. The number of carbonyl (C=O) groups excluding carboxylic acids is 1. The van der Waals surface area contributed by atoms with Gasteiger partial charge in [0.25, 0.3) is 0 Å². The Kier molecular flexibility index (Phi) is 4.62. The van der Waals surface area contributed by atoms with E-state index in [9.17, 15) is 19.8 Å². The Bertz CT molecular complexity index is 375. The lowest BCUT2D eigenvalue weighted by atomic mass is 9.78. The van der Waals surface area contributed by atoms with E-state index in [4.69, 9.17) is 4.74 Å². The Balaban J connectivity index is 2.20. The number of β-amino-alcohol motifs (C(OH)–C–C–N with tert-alkyl or cyclic N) is 1. The van der Waals surface area contributed by atoms with Crippen LogP contribution in [0.2, 0.25) is 0 Å². The highest BCUT2D eigenvalue weighted by atomic mass is 16.5. The van der Waals surface area contributed by atoms with Gasteiger partial charge in [0.15, 0.2) is 0 Å². The molecule has 7 heteroatoms. The molecule has 0 radical (unpaired) electrons. The number of carboxylic acid groups (broad SMARTS) is 1. The third-order valence-electron chi connectivity index (χ3n) is 4.26. The number of aliphatic hydroxyl groups excluding tert-OH is 1. The summed E-state index contributed by atoms with van der Waals surface area (Å²) < 4.78 is 5.20. The highest BCUT2D eigenvalue weighted by molar-refractivity contribution is 5.88. The summed E-state index contributed by atoms with van der Waals surface area (Å²) in [5.41, 5.74) is -0.669. The molecule has 0 aromatic heterocycles. The number of likely N-dealkylation sites (tertiary alicyclic amines) is 1. The third kappa shape index (κ3) is 2.79. The van der Waals surface area contributed by atoms with Crippen LogP contribution in [-0.2, 0) is 14.3 Å². The van der Waals surface area contributed by atoms with Crippen LogP contribution in [0.15, 0.2) is 0 Å². The SMILES string of the molecule is COCC1(C(=O)N2C[C@H](O)C[C@@H]2C(=O)O)CCNCC1. The first-order valence-electron chi connectivity index (χ1n) is 6.92. The first-order valence-corrected chi connectivity index (χ1v) is 6.92. The van der Waals surface area contributed by atoms with Crippen LogP contribution >= 0.6 is 0 Å². The lowest BCUT2D eigenvalue weighted by Gasteiger charge is -2.39. The predicted molar refractivity (Wildman–Crippen MR) is 70.2 cm³/mol. The maximum atomic E-state index is 12.8. The van der Waals surface area contributed by atoms with Crippen molar-refractivity contribution in [3.8, 4) is 0 Å². The maximum absolute atomic E-state index is 12.8. The summed E-state index contributed by atoms with van der Waals surface area (Å²) in [4.78, 5) is 25.4. The van der Waals surface area contributed by atoms with Crippen LogP contribution in [0.4, 0.5) is 0 Å². The van der Waals surface area contributed by atoms with Crippen molar-refractivity contribution < 1.29 is 24.5 Å². The van der Waals surface area contributed by atoms with Gasteiger partial charge >= 0.3 is 5.97 Å². The second-order valence-corrected chi connectivity index (χ2v) is 5.66. The van der Waals surface area contributed by atoms with Gasteiger partial charge in [-0.25, -0.2) is 4.79 Å². The van der Waals surface area contributed by atoms with Crippen LogP contribution in [0.1, 0.15) is 19.3 Å². The molecule has 2 atom stereocenters. The standard InChI is InChI=1S/C13H22N2O5/c1-20-8-13(2-4-14-5-3-13)12(19)15-7-9(16)6-10(15)11(17)18/h9-10,14,16H,2-8H2,1H3,(H,17,18)/t9-,10-/m1/s1. The molecule has 2 rings (SSSR count). The lowest BCUT2D eigenvalue weighted by molar-refractivity contribution is -0.156. The monoisotopic (exact) mass is 286 g/mol.